The van der Waals surface area contributed by atoms with Gasteiger partial charge in [0.15, 0.2) is 0 Å². The molecule has 3 rings (SSSR count). The Hall–Kier alpha value is -2.96. The lowest BCUT2D eigenvalue weighted by Crippen LogP contribution is -2.40. The molecule has 27 heavy (non-hydrogen) atoms. The third-order valence-corrected chi connectivity index (χ3v) is 4.55. The maximum absolute atomic E-state index is 13.0. The Kier molecular flexibility index (Phi) is 4.87. The van der Waals surface area contributed by atoms with Gasteiger partial charge in [0.1, 0.15) is 11.3 Å². The second-order valence-electron chi connectivity index (χ2n) is 6.85. The molecule has 1 fully saturated rings. The van der Waals surface area contributed by atoms with E-state index in [2.05, 4.69) is 10.1 Å². The molecule has 3 amide bonds. The molecule has 2 aromatic rings. The molecule has 7 heteroatoms. The number of carbonyl (C=O) groups excluding carboxylic acids is 2. The number of hydrogen-bond acceptors (Lipinski definition) is 3. The van der Waals surface area contributed by atoms with Crippen molar-refractivity contribution >= 4 is 11.9 Å². The summed E-state index contributed by atoms with van der Waals surface area (Å²) in [5.41, 5.74) is 2.19. The molecule has 0 aromatic heterocycles. The normalized spacial score (nSPS) is 19.6. The number of hydrogen-bond donors (Lipinski definition) is 1. The summed E-state index contributed by atoms with van der Waals surface area (Å²) in [5, 5.41) is 2.70. The topological polar surface area (TPSA) is 58.6 Å². The predicted molar refractivity (Wildman–Crippen MR) is 95.4 cm³/mol. The van der Waals surface area contributed by atoms with Crippen molar-refractivity contribution in [2.45, 2.75) is 39.5 Å². The molecule has 1 heterocycles. The number of nitrogens with zero attached hydrogens (tertiary/aromatic N) is 1. The molecule has 0 bridgehead atoms. The molecule has 0 spiro atoms. The van der Waals surface area contributed by atoms with Gasteiger partial charge in [-0.15, -0.1) is 0 Å². The number of benzene rings is 2. The summed E-state index contributed by atoms with van der Waals surface area (Å²) >= 11 is 0. The first kappa shape index (κ1) is 18.8. The van der Waals surface area contributed by atoms with Crippen molar-refractivity contribution in [3.8, 4) is 5.75 Å². The summed E-state index contributed by atoms with van der Waals surface area (Å²) in [4.78, 5) is 26.6. The van der Waals surface area contributed by atoms with Gasteiger partial charge in [0, 0.05) is 0 Å². The molecule has 1 aliphatic heterocycles. The van der Waals surface area contributed by atoms with Gasteiger partial charge in [0.2, 0.25) is 0 Å². The molecule has 1 aliphatic rings. The summed E-state index contributed by atoms with van der Waals surface area (Å²) in [5.74, 6) is -0.407. The molecular weight excluding hydrogens is 354 g/mol. The van der Waals surface area contributed by atoms with E-state index in [9.17, 15) is 18.4 Å². The SMILES string of the molecule is Cc1cc(C)cc(CN2C(=O)NC(C)(c3ccc(OC(F)F)cc3)C2=O)c1. The van der Waals surface area contributed by atoms with Crippen LogP contribution < -0.4 is 10.1 Å². The highest BCUT2D eigenvalue weighted by Crippen LogP contribution is 2.31. The van der Waals surface area contributed by atoms with E-state index in [0.29, 0.717) is 5.56 Å². The van der Waals surface area contributed by atoms with E-state index in [-0.39, 0.29) is 12.3 Å². The quantitative estimate of drug-likeness (QED) is 0.809. The number of carbonyl (C=O) groups is 2. The van der Waals surface area contributed by atoms with E-state index in [1.54, 1.807) is 6.92 Å². The summed E-state index contributed by atoms with van der Waals surface area (Å²) < 4.78 is 28.9. The van der Waals surface area contributed by atoms with Crippen LogP contribution in [0.15, 0.2) is 42.5 Å². The Morgan fingerprint density at radius 1 is 1.07 bits per heavy atom. The highest BCUT2D eigenvalue weighted by atomic mass is 19.3. The maximum Gasteiger partial charge on any atom is 0.387 e. The van der Waals surface area contributed by atoms with Gasteiger partial charge in [-0.1, -0.05) is 41.5 Å². The van der Waals surface area contributed by atoms with Crippen molar-refractivity contribution in [1.82, 2.24) is 10.2 Å². The number of rotatable bonds is 5. The summed E-state index contributed by atoms with van der Waals surface area (Å²) in [6.07, 6.45) is 0. The number of ether oxygens (including phenoxy) is 1. The van der Waals surface area contributed by atoms with Crippen molar-refractivity contribution in [2.24, 2.45) is 0 Å². The van der Waals surface area contributed by atoms with Gasteiger partial charge in [-0.05, 0) is 44.0 Å². The van der Waals surface area contributed by atoms with Gasteiger partial charge in [-0.3, -0.25) is 9.69 Å². The van der Waals surface area contributed by atoms with Crippen LogP contribution >= 0.6 is 0 Å². The highest BCUT2D eigenvalue weighted by Gasteiger charge is 2.48. The van der Waals surface area contributed by atoms with E-state index < -0.39 is 24.1 Å². The molecule has 0 radical (unpaired) electrons. The zero-order valence-corrected chi connectivity index (χ0v) is 15.3. The monoisotopic (exact) mass is 374 g/mol. The average molecular weight is 374 g/mol. The number of urea groups is 1. The standard InChI is InChI=1S/C20H20F2N2O3/c1-12-8-13(2)10-14(9-12)11-24-17(25)20(3,23-19(24)26)15-4-6-16(7-5-15)27-18(21)22/h4-10,18H,11H2,1-3H3,(H,23,26). The smallest absolute Gasteiger partial charge is 0.387 e. The van der Waals surface area contributed by atoms with Crippen LogP contribution in [0.4, 0.5) is 13.6 Å². The van der Waals surface area contributed by atoms with E-state index >= 15 is 0 Å². The van der Waals surface area contributed by atoms with Crippen molar-refractivity contribution in [3.63, 3.8) is 0 Å². The Bertz CT molecular complexity index is 863. The maximum atomic E-state index is 13.0. The van der Waals surface area contributed by atoms with E-state index in [1.807, 2.05) is 32.0 Å². The van der Waals surface area contributed by atoms with E-state index in [4.69, 9.17) is 0 Å². The fraction of sp³-hybridized carbons (Fsp3) is 0.300. The Morgan fingerprint density at radius 2 is 1.67 bits per heavy atom. The van der Waals surface area contributed by atoms with Crippen LogP contribution in [-0.2, 0) is 16.9 Å². The molecule has 1 N–H and O–H groups in total. The van der Waals surface area contributed by atoms with Crippen LogP contribution in [-0.4, -0.2) is 23.4 Å². The minimum Gasteiger partial charge on any atom is -0.435 e. The van der Waals surface area contributed by atoms with Crippen molar-refractivity contribution in [3.05, 3.63) is 64.7 Å². The predicted octanol–water partition coefficient (Wildman–Crippen LogP) is 3.87. The minimum absolute atomic E-state index is 0.0128. The van der Waals surface area contributed by atoms with Crippen LogP contribution in [0.5, 0.6) is 5.75 Å². The molecule has 142 valence electrons. The van der Waals surface area contributed by atoms with Crippen molar-refractivity contribution < 1.29 is 23.1 Å². The number of imide groups is 1. The fourth-order valence-corrected chi connectivity index (χ4v) is 3.35. The van der Waals surface area contributed by atoms with Crippen molar-refractivity contribution in [1.29, 1.82) is 0 Å². The van der Waals surface area contributed by atoms with Crippen LogP contribution in [0, 0.1) is 13.8 Å². The highest BCUT2D eigenvalue weighted by molar-refractivity contribution is 6.07. The molecule has 1 unspecified atom stereocenters. The third-order valence-electron chi connectivity index (χ3n) is 4.55. The number of halogens is 2. The third kappa shape index (κ3) is 3.77. The zero-order chi connectivity index (χ0) is 19.8. The average Bonchev–Trinajstić information content (AvgIpc) is 2.78. The number of alkyl halides is 2. The molecule has 0 saturated carbocycles. The lowest BCUT2D eigenvalue weighted by atomic mass is 9.92. The summed E-state index contributed by atoms with van der Waals surface area (Å²) in [6, 6.07) is 11.1. The zero-order valence-electron chi connectivity index (χ0n) is 15.3. The van der Waals surface area contributed by atoms with Crippen LogP contribution in [0.1, 0.15) is 29.2 Å². The molecule has 5 nitrogen and oxygen atoms in total. The Labute approximate surface area is 155 Å². The second-order valence-corrected chi connectivity index (χ2v) is 6.85. The van der Waals surface area contributed by atoms with Gasteiger partial charge in [-0.25, -0.2) is 4.79 Å². The van der Waals surface area contributed by atoms with Gasteiger partial charge in [0.05, 0.1) is 6.54 Å². The molecule has 2 aromatic carbocycles. The lowest BCUT2D eigenvalue weighted by Gasteiger charge is -2.22. The second kappa shape index (κ2) is 6.98. The number of aryl methyl sites for hydroxylation is 2. The summed E-state index contributed by atoms with van der Waals surface area (Å²) in [6.45, 7) is 2.74. The minimum atomic E-state index is -2.92. The molecule has 1 saturated heterocycles. The first-order chi connectivity index (χ1) is 12.7. The van der Waals surface area contributed by atoms with Gasteiger partial charge in [0.25, 0.3) is 5.91 Å². The van der Waals surface area contributed by atoms with Crippen molar-refractivity contribution in [2.75, 3.05) is 0 Å². The van der Waals surface area contributed by atoms with Crippen LogP contribution in [0.2, 0.25) is 0 Å². The molecule has 0 aliphatic carbocycles. The lowest BCUT2D eigenvalue weighted by molar-refractivity contribution is -0.131. The first-order valence-electron chi connectivity index (χ1n) is 8.45. The largest absolute Gasteiger partial charge is 0.435 e. The van der Waals surface area contributed by atoms with Gasteiger partial charge < -0.3 is 10.1 Å². The Balaban J connectivity index is 1.83. The molecular formula is C20H20F2N2O3. The van der Waals surface area contributed by atoms with Gasteiger partial charge in [-0.2, -0.15) is 8.78 Å². The summed E-state index contributed by atoms with van der Waals surface area (Å²) in [7, 11) is 0. The number of nitrogens with one attached hydrogen (secondary N) is 1. The van der Waals surface area contributed by atoms with Crippen LogP contribution in [0.3, 0.4) is 0 Å². The Morgan fingerprint density at radius 3 is 2.22 bits per heavy atom. The molecule has 1 atom stereocenters. The number of amides is 3. The van der Waals surface area contributed by atoms with Crippen LogP contribution in [0.25, 0.3) is 0 Å². The van der Waals surface area contributed by atoms with E-state index in [0.717, 1.165) is 21.6 Å². The first-order valence-corrected chi connectivity index (χ1v) is 8.45. The van der Waals surface area contributed by atoms with E-state index in [1.165, 1.54) is 24.3 Å². The van der Waals surface area contributed by atoms with Gasteiger partial charge >= 0.3 is 12.6 Å². The fourth-order valence-electron chi connectivity index (χ4n) is 3.35.